The van der Waals surface area contributed by atoms with E-state index in [1.165, 1.54) is 0 Å². The van der Waals surface area contributed by atoms with Crippen molar-refractivity contribution < 1.29 is 4.79 Å². The molecule has 1 aromatic heterocycles. The summed E-state index contributed by atoms with van der Waals surface area (Å²) >= 11 is 0. The monoisotopic (exact) mass is 250 g/mol. The maximum absolute atomic E-state index is 11.8. The fraction of sp³-hybridized carbons (Fsp3) is 0.692. The SMILES string of the molecule is CC(C)n1cc(CNCC(=O)N2CCCC2)cn1. The van der Waals surface area contributed by atoms with Gasteiger partial charge in [0.2, 0.25) is 5.91 Å². The van der Waals surface area contributed by atoms with Crippen molar-refractivity contribution in [3.63, 3.8) is 0 Å². The Morgan fingerprint density at radius 3 is 2.78 bits per heavy atom. The maximum atomic E-state index is 11.8. The summed E-state index contributed by atoms with van der Waals surface area (Å²) in [5.74, 6) is 0.212. The molecule has 1 N–H and O–H groups in total. The minimum absolute atomic E-state index is 0.212. The second kappa shape index (κ2) is 6.00. The van der Waals surface area contributed by atoms with E-state index in [0.29, 0.717) is 19.1 Å². The molecular formula is C13H22N4O. The van der Waals surface area contributed by atoms with E-state index >= 15 is 0 Å². The van der Waals surface area contributed by atoms with Crippen LogP contribution in [0.1, 0.15) is 38.3 Å². The lowest BCUT2D eigenvalue weighted by atomic mass is 10.3. The van der Waals surface area contributed by atoms with Crippen molar-refractivity contribution in [2.45, 2.75) is 39.3 Å². The number of hydrogen-bond acceptors (Lipinski definition) is 3. The van der Waals surface area contributed by atoms with Gasteiger partial charge in [0.25, 0.3) is 0 Å². The minimum atomic E-state index is 0.212. The highest BCUT2D eigenvalue weighted by molar-refractivity contribution is 5.78. The molecule has 0 saturated carbocycles. The first-order valence-electron chi connectivity index (χ1n) is 6.68. The number of carbonyl (C=O) groups excluding carboxylic acids is 1. The normalized spacial score (nSPS) is 15.6. The first-order valence-corrected chi connectivity index (χ1v) is 6.68. The van der Waals surface area contributed by atoms with Gasteiger partial charge in [-0.1, -0.05) is 0 Å². The average Bonchev–Trinajstić information content (AvgIpc) is 3.00. The molecule has 1 amide bonds. The van der Waals surface area contributed by atoms with Crippen LogP contribution in [0.4, 0.5) is 0 Å². The number of rotatable bonds is 5. The maximum Gasteiger partial charge on any atom is 0.236 e. The average molecular weight is 250 g/mol. The van der Waals surface area contributed by atoms with Crippen LogP contribution in [-0.2, 0) is 11.3 Å². The fourth-order valence-corrected chi connectivity index (χ4v) is 2.14. The molecule has 0 atom stereocenters. The van der Waals surface area contributed by atoms with Crippen LogP contribution < -0.4 is 5.32 Å². The van der Waals surface area contributed by atoms with Crippen LogP contribution in [0.2, 0.25) is 0 Å². The van der Waals surface area contributed by atoms with Gasteiger partial charge in [-0.15, -0.1) is 0 Å². The third kappa shape index (κ3) is 3.32. The summed E-state index contributed by atoms with van der Waals surface area (Å²) in [5, 5.41) is 7.46. The lowest BCUT2D eigenvalue weighted by Gasteiger charge is -2.15. The molecule has 0 aliphatic carbocycles. The summed E-state index contributed by atoms with van der Waals surface area (Å²) in [6, 6.07) is 0.380. The Morgan fingerprint density at radius 1 is 1.44 bits per heavy atom. The van der Waals surface area contributed by atoms with Crippen molar-refractivity contribution in [2.75, 3.05) is 19.6 Å². The van der Waals surface area contributed by atoms with Gasteiger partial charge in [-0.2, -0.15) is 5.10 Å². The smallest absolute Gasteiger partial charge is 0.236 e. The molecule has 1 aromatic rings. The molecule has 5 nitrogen and oxygen atoms in total. The zero-order valence-electron chi connectivity index (χ0n) is 11.2. The van der Waals surface area contributed by atoms with Gasteiger partial charge < -0.3 is 10.2 Å². The number of aromatic nitrogens is 2. The summed E-state index contributed by atoms with van der Waals surface area (Å²) in [6.07, 6.45) is 6.17. The van der Waals surface area contributed by atoms with Gasteiger partial charge in [0.15, 0.2) is 0 Å². The highest BCUT2D eigenvalue weighted by atomic mass is 16.2. The zero-order chi connectivity index (χ0) is 13.0. The van der Waals surface area contributed by atoms with E-state index in [0.717, 1.165) is 31.5 Å². The van der Waals surface area contributed by atoms with Crippen LogP contribution in [0.5, 0.6) is 0 Å². The molecule has 0 bridgehead atoms. The molecule has 1 aliphatic heterocycles. The first-order chi connectivity index (χ1) is 8.66. The quantitative estimate of drug-likeness (QED) is 0.853. The Kier molecular flexibility index (Phi) is 4.36. The number of nitrogens with zero attached hydrogens (tertiary/aromatic N) is 3. The van der Waals surface area contributed by atoms with E-state index in [1.54, 1.807) is 0 Å². The summed E-state index contributed by atoms with van der Waals surface area (Å²) in [7, 11) is 0. The molecule has 18 heavy (non-hydrogen) atoms. The number of nitrogens with one attached hydrogen (secondary N) is 1. The summed E-state index contributed by atoms with van der Waals surface area (Å²) < 4.78 is 1.93. The third-order valence-electron chi connectivity index (χ3n) is 3.25. The molecule has 1 aliphatic rings. The number of carbonyl (C=O) groups is 1. The number of likely N-dealkylation sites (tertiary alicyclic amines) is 1. The van der Waals surface area contributed by atoms with Crippen LogP contribution in [-0.4, -0.2) is 40.2 Å². The highest BCUT2D eigenvalue weighted by Gasteiger charge is 2.16. The second-order valence-corrected chi connectivity index (χ2v) is 5.11. The molecule has 100 valence electrons. The van der Waals surface area contributed by atoms with Crippen molar-refractivity contribution in [3.05, 3.63) is 18.0 Å². The largest absolute Gasteiger partial charge is 0.342 e. The first kappa shape index (κ1) is 13.1. The van der Waals surface area contributed by atoms with E-state index in [4.69, 9.17) is 0 Å². The molecule has 1 fully saturated rings. The van der Waals surface area contributed by atoms with Gasteiger partial charge in [-0.25, -0.2) is 0 Å². The molecular weight excluding hydrogens is 228 g/mol. The van der Waals surface area contributed by atoms with Crippen molar-refractivity contribution in [3.8, 4) is 0 Å². The molecule has 0 unspecified atom stereocenters. The zero-order valence-corrected chi connectivity index (χ0v) is 11.2. The Balaban J connectivity index is 1.72. The lowest BCUT2D eigenvalue weighted by molar-refractivity contribution is -0.129. The van der Waals surface area contributed by atoms with Gasteiger partial charge in [-0.3, -0.25) is 9.48 Å². The van der Waals surface area contributed by atoms with E-state index in [9.17, 15) is 4.79 Å². The van der Waals surface area contributed by atoms with E-state index < -0.39 is 0 Å². The summed E-state index contributed by atoms with van der Waals surface area (Å²) in [6.45, 7) is 7.17. The van der Waals surface area contributed by atoms with Crippen molar-refractivity contribution in [2.24, 2.45) is 0 Å². The molecule has 2 heterocycles. The van der Waals surface area contributed by atoms with Crippen molar-refractivity contribution in [1.29, 1.82) is 0 Å². The summed E-state index contributed by atoms with van der Waals surface area (Å²) in [4.78, 5) is 13.7. The molecule has 5 heteroatoms. The minimum Gasteiger partial charge on any atom is -0.342 e. The van der Waals surface area contributed by atoms with Crippen LogP contribution in [0.25, 0.3) is 0 Å². The van der Waals surface area contributed by atoms with Crippen molar-refractivity contribution in [1.82, 2.24) is 20.0 Å². The van der Waals surface area contributed by atoms with Crippen molar-refractivity contribution >= 4 is 5.91 Å². The summed E-state index contributed by atoms with van der Waals surface area (Å²) in [5.41, 5.74) is 1.12. The van der Waals surface area contributed by atoms with E-state index in [1.807, 2.05) is 22.0 Å². The Morgan fingerprint density at radius 2 is 2.17 bits per heavy atom. The molecule has 0 aromatic carbocycles. The van der Waals surface area contributed by atoms with Gasteiger partial charge in [0, 0.05) is 37.4 Å². The highest BCUT2D eigenvalue weighted by Crippen LogP contribution is 2.07. The molecule has 0 radical (unpaired) electrons. The van der Waals surface area contributed by atoms with E-state index in [2.05, 4.69) is 24.3 Å². The molecule has 2 rings (SSSR count). The Hall–Kier alpha value is -1.36. The second-order valence-electron chi connectivity index (χ2n) is 5.11. The third-order valence-corrected chi connectivity index (χ3v) is 3.25. The Bertz CT molecular complexity index is 393. The van der Waals surface area contributed by atoms with Gasteiger partial charge in [0.05, 0.1) is 12.7 Å². The van der Waals surface area contributed by atoms with Gasteiger partial charge in [-0.05, 0) is 26.7 Å². The lowest BCUT2D eigenvalue weighted by Crippen LogP contribution is -2.35. The van der Waals surface area contributed by atoms with E-state index in [-0.39, 0.29) is 5.91 Å². The predicted octanol–water partition coefficient (Wildman–Crippen LogP) is 1.18. The molecule has 1 saturated heterocycles. The van der Waals surface area contributed by atoms with Crippen LogP contribution >= 0.6 is 0 Å². The molecule has 0 spiro atoms. The van der Waals surface area contributed by atoms with Gasteiger partial charge in [0.1, 0.15) is 0 Å². The predicted molar refractivity (Wildman–Crippen MR) is 70.1 cm³/mol. The van der Waals surface area contributed by atoms with Crippen LogP contribution in [0, 0.1) is 0 Å². The topological polar surface area (TPSA) is 50.2 Å². The standard InChI is InChI=1S/C13H22N4O/c1-11(2)17-10-12(8-15-17)7-14-9-13(18)16-5-3-4-6-16/h8,10-11,14H,3-7,9H2,1-2H3. The van der Waals surface area contributed by atoms with Gasteiger partial charge >= 0.3 is 0 Å². The fourth-order valence-electron chi connectivity index (χ4n) is 2.14. The number of amides is 1. The Labute approximate surface area is 108 Å². The van der Waals surface area contributed by atoms with Crippen LogP contribution in [0.3, 0.4) is 0 Å². The number of hydrogen-bond donors (Lipinski definition) is 1. The van der Waals surface area contributed by atoms with Crippen LogP contribution in [0.15, 0.2) is 12.4 Å².